The predicted octanol–water partition coefficient (Wildman–Crippen LogP) is 2.57. The average molecular weight is 316 g/mol. The number of hydrogen-bond donors (Lipinski definition) is 2. The SMILES string of the molecule is COC(=O)[C@@H]1C(O)=C(C=Nc2ccc(N)cc2)C(=O)CC1(C)C. The van der Waals surface area contributed by atoms with Crippen LogP contribution >= 0.6 is 0 Å². The Hall–Kier alpha value is -2.63. The molecule has 23 heavy (non-hydrogen) atoms. The van der Waals surface area contributed by atoms with Crippen LogP contribution < -0.4 is 5.73 Å². The lowest BCUT2D eigenvalue weighted by molar-refractivity contribution is -0.150. The number of carbonyl (C=O) groups excluding carboxylic acids is 2. The van der Waals surface area contributed by atoms with Crippen molar-refractivity contribution >= 4 is 29.3 Å². The van der Waals surface area contributed by atoms with Gasteiger partial charge in [0.1, 0.15) is 11.7 Å². The summed E-state index contributed by atoms with van der Waals surface area (Å²) in [7, 11) is 1.25. The zero-order chi connectivity index (χ0) is 17.2. The second-order valence-corrected chi connectivity index (χ2v) is 6.19. The van der Waals surface area contributed by atoms with Gasteiger partial charge in [0, 0.05) is 18.3 Å². The summed E-state index contributed by atoms with van der Waals surface area (Å²) in [5.74, 6) is -2.01. The summed E-state index contributed by atoms with van der Waals surface area (Å²) in [5.41, 5.74) is 6.12. The summed E-state index contributed by atoms with van der Waals surface area (Å²) in [4.78, 5) is 28.4. The van der Waals surface area contributed by atoms with Crippen molar-refractivity contribution in [3.05, 3.63) is 35.6 Å². The molecule has 0 saturated heterocycles. The summed E-state index contributed by atoms with van der Waals surface area (Å²) in [6, 6.07) is 6.75. The molecule has 0 aliphatic heterocycles. The van der Waals surface area contributed by atoms with Crippen molar-refractivity contribution < 1.29 is 19.4 Å². The monoisotopic (exact) mass is 316 g/mol. The first-order valence-corrected chi connectivity index (χ1v) is 7.20. The fraction of sp³-hybridized carbons (Fsp3) is 0.353. The van der Waals surface area contributed by atoms with Crippen LogP contribution in [-0.2, 0) is 14.3 Å². The van der Waals surface area contributed by atoms with Gasteiger partial charge in [0.15, 0.2) is 5.78 Å². The molecule has 6 nitrogen and oxygen atoms in total. The van der Waals surface area contributed by atoms with Gasteiger partial charge in [0.25, 0.3) is 0 Å². The number of Topliss-reactive ketones (excluding diaryl/α,β-unsaturated/α-hetero) is 1. The summed E-state index contributed by atoms with van der Waals surface area (Å²) >= 11 is 0. The lowest BCUT2D eigenvalue weighted by Crippen LogP contribution is -2.40. The van der Waals surface area contributed by atoms with Gasteiger partial charge in [-0.1, -0.05) is 13.8 Å². The number of esters is 1. The van der Waals surface area contributed by atoms with Crippen molar-refractivity contribution in [2.45, 2.75) is 20.3 Å². The molecule has 0 heterocycles. The van der Waals surface area contributed by atoms with E-state index in [-0.39, 0.29) is 23.5 Å². The number of nitrogens with zero attached hydrogens (tertiary/aromatic N) is 1. The Kier molecular flexibility index (Phi) is 4.54. The van der Waals surface area contributed by atoms with E-state index in [1.165, 1.54) is 13.3 Å². The first-order valence-electron chi connectivity index (χ1n) is 7.20. The number of methoxy groups -OCH3 is 1. The summed E-state index contributed by atoms with van der Waals surface area (Å²) < 4.78 is 4.75. The highest BCUT2D eigenvalue weighted by molar-refractivity contribution is 6.15. The van der Waals surface area contributed by atoms with E-state index < -0.39 is 17.3 Å². The molecule has 0 saturated carbocycles. The highest BCUT2D eigenvalue weighted by Crippen LogP contribution is 2.41. The molecule has 1 aliphatic rings. The second-order valence-electron chi connectivity index (χ2n) is 6.19. The van der Waals surface area contributed by atoms with E-state index in [9.17, 15) is 14.7 Å². The van der Waals surface area contributed by atoms with E-state index in [1.807, 2.05) is 0 Å². The van der Waals surface area contributed by atoms with E-state index in [0.29, 0.717) is 11.4 Å². The van der Waals surface area contributed by atoms with Gasteiger partial charge in [0.2, 0.25) is 0 Å². The Morgan fingerprint density at radius 1 is 1.39 bits per heavy atom. The average Bonchev–Trinajstić information content (AvgIpc) is 2.47. The molecule has 0 aromatic heterocycles. The highest BCUT2D eigenvalue weighted by Gasteiger charge is 2.46. The molecule has 0 unspecified atom stereocenters. The Balaban J connectivity index is 2.40. The van der Waals surface area contributed by atoms with Crippen molar-refractivity contribution in [1.29, 1.82) is 0 Å². The first-order chi connectivity index (χ1) is 10.8. The third-order valence-electron chi connectivity index (χ3n) is 3.92. The van der Waals surface area contributed by atoms with Crippen LogP contribution in [-0.4, -0.2) is 30.2 Å². The summed E-state index contributed by atoms with van der Waals surface area (Å²) in [6.07, 6.45) is 1.41. The Morgan fingerprint density at radius 2 is 2.00 bits per heavy atom. The first kappa shape index (κ1) is 16.7. The number of benzene rings is 1. The smallest absolute Gasteiger partial charge is 0.316 e. The van der Waals surface area contributed by atoms with Crippen LogP contribution in [0.15, 0.2) is 40.6 Å². The molecule has 1 aromatic carbocycles. The normalized spacial score (nSPS) is 20.8. The van der Waals surface area contributed by atoms with Gasteiger partial charge < -0.3 is 15.6 Å². The standard InChI is InChI=1S/C17H20N2O4/c1-17(2)8-13(20)12(15(21)14(17)16(22)23-3)9-19-11-6-4-10(18)5-7-11/h4-7,9,14,21H,8,18H2,1-3H3/t14-/m0/s1. The van der Waals surface area contributed by atoms with Gasteiger partial charge >= 0.3 is 5.97 Å². The number of rotatable bonds is 3. The van der Waals surface area contributed by atoms with Gasteiger partial charge in [0.05, 0.1) is 18.4 Å². The minimum Gasteiger partial charge on any atom is -0.511 e. The third-order valence-corrected chi connectivity index (χ3v) is 3.92. The number of aliphatic hydroxyl groups is 1. The molecule has 0 fully saturated rings. The minimum absolute atomic E-state index is 0.0385. The van der Waals surface area contributed by atoms with Crippen LogP contribution in [0.25, 0.3) is 0 Å². The fourth-order valence-corrected chi connectivity index (χ4v) is 2.67. The number of nitrogen functional groups attached to an aromatic ring is 1. The maximum absolute atomic E-state index is 12.3. The number of nitrogens with two attached hydrogens (primary N) is 1. The molecule has 3 N–H and O–H groups in total. The van der Waals surface area contributed by atoms with Crippen LogP contribution in [0.2, 0.25) is 0 Å². The maximum Gasteiger partial charge on any atom is 0.316 e. The second kappa shape index (κ2) is 6.24. The number of aliphatic hydroxyl groups excluding tert-OH is 1. The summed E-state index contributed by atoms with van der Waals surface area (Å²) in [6.45, 7) is 3.49. The largest absolute Gasteiger partial charge is 0.511 e. The number of carbonyl (C=O) groups is 2. The van der Waals surface area contributed by atoms with E-state index in [2.05, 4.69) is 4.99 Å². The van der Waals surface area contributed by atoms with Gasteiger partial charge in [-0.25, -0.2) is 0 Å². The molecule has 1 atom stereocenters. The van der Waals surface area contributed by atoms with Crippen LogP contribution in [0.3, 0.4) is 0 Å². The zero-order valence-electron chi connectivity index (χ0n) is 13.4. The van der Waals surface area contributed by atoms with Crippen molar-refractivity contribution in [2.24, 2.45) is 16.3 Å². The molecule has 0 spiro atoms. The van der Waals surface area contributed by atoms with Gasteiger partial charge in [-0.15, -0.1) is 0 Å². The quantitative estimate of drug-likeness (QED) is 0.507. The molecule has 0 radical (unpaired) electrons. The van der Waals surface area contributed by atoms with E-state index in [0.717, 1.165) is 0 Å². The molecular weight excluding hydrogens is 296 g/mol. The molecule has 122 valence electrons. The molecule has 6 heteroatoms. The van der Waals surface area contributed by atoms with Gasteiger partial charge in [-0.2, -0.15) is 0 Å². The van der Waals surface area contributed by atoms with Crippen molar-refractivity contribution in [3.63, 3.8) is 0 Å². The Labute approximate surface area is 134 Å². The lowest BCUT2D eigenvalue weighted by Gasteiger charge is -2.35. The van der Waals surface area contributed by atoms with Crippen LogP contribution in [0.1, 0.15) is 20.3 Å². The van der Waals surface area contributed by atoms with E-state index in [4.69, 9.17) is 10.5 Å². The number of allylic oxidation sites excluding steroid dienone is 1. The lowest BCUT2D eigenvalue weighted by atomic mass is 9.68. The maximum atomic E-state index is 12.3. The van der Waals surface area contributed by atoms with Crippen molar-refractivity contribution in [2.75, 3.05) is 12.8 Å². The predicted molar refractivity (Wildman–Crippen MR) is 87.6 cm³/mol. The number of aliphatic imine (C=N–C) groups is 1. The molecule has 1 aromatic rings. The number of anilines is 1. The van der Waals surface area contributed by atoms with Crippen LogP contribution in [0.4, 0.5) is 11.4 Å². The number of ether oxygens (including phenoxy) is 1. The Morgan fingerprint density at radius 3 is 2.57 bits per heavy atom. The van der Waals surface area contributed by atoms with E-state index in [1.54, 1.807) is 38.1 Å². The zero-order valence-corrected chi connectivity index (χ0v) is 13.4. The minimum atomic E-state index is -0.891. The third kappa shape index (κ3) is 3.41. The number of ketones is 1. The summed E-state index contributed by atoms with van der Waals surface area (Å²) in [5, 5.41) is 10.4. The molecule has 2 rings (SSSR count). The highest BCUT2D eigenvalue weighted by atomic mass is 16.5. The van der Waals surface area contributed by atoms with Gasteiger partial charge in [-0.05, 0) is 29.7 Å². The van der Waals surface area contributed by atoms with Crippen molar-refractivity contribution in [1.82, 2.24) is 0 Å². The van der Waals surface area contributed by atoms with Crippen molar-refractivity contribution in [3.8, 4) is 0 Å². The molecule has 1 aliphatic carbocycles. The molecule has 0 bridgehead atoms. The Bertz CT molecular complexity index is 687. The number of hydrogen-bond acceptors (Lipinski definition) is 6. The van der Waals surface area contributed by atoms with Gasteiger partial charge in [-0.3, -0.25) is 14.6 Å². The molecule has 0 amide bonds. The van der Waals surface area contributed by atoms with Crippen LogP contribution in [0.5, 0.6) is 0 Å². The fourth-order valence-electron chi connectivity index (χ4n) is 2.67. The van der Waals surface area contributed by atoms with Crippen LogP contribution in [0, 0.1) is 11.3 Å². The topological polar surface area (TPSA) is 102 Å². The van der Waals surface area contributed by atoms with E-state index >= 15 is 0 Å². The molecular formula is C17H20N2O4.